The second kappa shape index (κ2) is 6.58. The van der Waals surface area contributed by atoms with Gasteiger partial charge in [-0.2, -0.15) is 0 Å². The zero-order valence-corrected chi connectivity index (χ0v) is 12.6. The number of methoxy groups -OCH3 is 1. The molecule has 0 aromatic carbocycles. The van der Waals surface area contributed by atoms with Crippen molar-refractivity contribution >= 4 is 17.2 Å². The van der Waals surface area contributed by atoms with E-state index in [9.17, 15) is 4.79 Å². The van der Waals surface area contributed by atoms with E-state index in [0.717, 1.165) is 16.3 Å². The van der Waals surface area contributed by atoms with Gasteiger partial charge in [-0.1, -0.05) is 0 Å². The Morgan fingerprint density at radius 3 is 2.75 bits per heavy atom. The Morgan fingerprint density at radius 1 is 1.40 bits per heavy atom. The SMILES string of the molecule is COCCN(C)C(=O)c1ccc(-c2scnc2C)nc1. The predicted molar refractivity (Wildman–Crippen MR) is 78.9 cm³/mol. The number of nitrogens with zero attached hydrogens (tertiary/aromatic N) is 3. The number of carbonyl (C=O) groups excluding carboxylic acids is 1. The highest BCUT2D eigenvalue weighted by Crippen LogP contribution is 2.25. The zero-order valence-electron chi connectivity index (χ0n) is 11.8. The molecule has 2 heterocycles. The van der Waals surface area contributed by atoms with Crippen LogP contribution in [-0.4, -0.2) is 48.1 Å². The van der Waals surface area contributed by atoms with Crippen LogP contribution in [0.2, 0.25) is 0 Å². The van der Waals surface area contributed by atoms with Gasteiger partial charge in [0.25, 0.3) is 5.91 Å². The van der Waals surface area contributed by atoms with Gasteiger partial charge >= 0.3 is 0 Å². The van der Waals surface area contributed by atoms with Gasteiger partial charge in [0.15, 0.2) is 0 Å². The summed E-state index contributed by atoms with van der Waals surface area (Å²) < 4.78 is 4.96. The number of carbonyl (C=O) groups is 1. The summed E-state index contributed by atoms with van der Waals surface area (Å²) in [5, 5.41) is 0. The molecule has 0 aliphatic heterocycles. The van der Waals surface area contributed by atoms with Crippen molar-refractivity contribution in [2.45, 2.75) is 6.92 Å². The molecule has 6 heteroatoms. The van der Waals surface area contributed by atoms with E-state index in [0.29, 0.717) is 18.7 Å². The van der Waals surface area contributed by atoms with E-state index in [1.807, 2.05) is 13.0 Å². The summed E-state index contributed by atoms with van der Waals surface area (Å²) in [6, 6.07) is 3.66. The van der Waals surface area contributed by atoms with Gasteiger partial charge in [-0.05, 0) is 19.1 Å². The van der Waals surface area contributed by atoms with E-state index < -0.39 is 0 Å². The van der Waals surface area contributed by atoms with Gasteiger partial charge in [-0.25, -0.2) is 4.98 Å². The topological polar surface area (TPSA) is 55.3 Å². The summed E-state index contributed by atoms with van der Waals surface area (Å²) in [6.07, 6.45) is 1.61. The third-order valence-electron chi connectivity index (χ3n) is 2.97. The van der Waals surface area contributed by atoms with E-state index in [1.54, 1.807) is 48.2 Å². The first-order chi connectivity index (χ1) is 9.63. The first-order valence-electron chi connectivity index (χ1n) is 6.24. The maximum Gasteiger partial charge on any atom is 0.255 e. The monoisotopic (exact) mass is 291 g/mol. The lowest BCUT2D eigenvalue weighted by atomic mass is 10.2. The molecule has 0 atom stereocenters. The van der Waals surface area contributed by atoms with Gasteiger partial charge in [-0.15, -0.1) is 11.3 Å². The minimum absolute atomic E-state index is 0.0536. The standard InChI is InChI=1S/C14H17N3O2S/c1-10-13(20-9-16-10)12-5-4-11(8-15-12)14(18)17(2)6-7-19-3/h4-5,8-9H,6-7H2,1-3H3. The fraction of sp³-hybridized carbons (Fsp3) is 0.357. The number of amides is 1. The van der Waals surface area contributed by atoms with Crippen LogP contribution in [-0.2, 0) is 4.74 Å². The molecular formula is C14H17N3O2S. The minimum atomic E-state index is -0.0536. The molecule has 2 aromatic rings. The van der Waals surface area contributed by atoms with E-state index >= 15 is 0 Å². The van der Waals surface area contributed by atoms with Crippen molar-refractivity contribution in [3.63, 3.8) is 0 Å². The van der Waals surface area contributed by atoms with Crippen molar-refractivity contribution in [1.29, 1.82) is 0 Å². The molecule has 0 aliphatic rings. The molecule has 5 nitrogen and oxygen atoms in total. The highest BCUT2D eigenvalue weighted by Gasteiger charge is 2.13. The Labute approximate surface area is 122 Å². The van der Waals surface area contributed by atoms with Crippen molar-refractivity contribution < 1.29 is 9.53 Å². The summed E-state index contributed by atoms with van der Waals surface area (Å²) in [4.78, 5) is 23.4. The third-order valence-corrected chi connectivity index (χ3v) is 3.92. The fourth-order valence-electron chi connectivity index (χ4n) is 1.75. The molecule has 0 radical (unpaired) electrons. The number of hydrogen-bond donors (Lipinski definition) is 0. The van der Waals surface area contributed by atoms with Crippen molar-refractivity contribution in [3.05, 3.63) is 35.1 Å². The number of likely N-dealkylation sites (N-methyl/N-ethyl adjacent to an activating group) is 1. The smallest absolute Gasteiger partial charge is 0.255 e. The predicted octanol–water partition coefficient (Wildman–Crippen LogP) is 2.23. The van der Waals surface area contributed by atoms with E-state index in [2.05, 4.69) is 9.97 Å². The molecule has 0 spiro atoms. The average Bonchev–Trinajstić information content (AvgIpc) is 2.90. The first-order valence-corrected chi connectivity index (χ1v) is 7.12. The molecular weight excluding hydrogens is 274 g/mol. The molecule has 0 aliphatic carbocycles. The van der Waals surface area contributed by atoms with Crippen molar-refractivity contribution in [1.82, 2.24) is 14.9 Å². The zero-order chi connectivity index (χ0) is 14.5. The second-order valence-electron chi connectivity index (χ2n) is 4.42. The molecule has 20 heavy (non-hydrogen) atoms. The van der Waals surface area contributed by atoms with Crippen molar-refractivity contribution in [2.24, 2.45) is 0 Å². The number of aryl methyl sites for hydroxylation is 1. The first kappa shape index (κ1) is 14.6. The van der Waals surface area contributed by atoms with E-state index in [-0.39, 0.29) is 5.91 Å². The maximum atomic E-state index is 12.1. The minimum Gasteiger partial charge on any atom is -0.383 e. The molecule has 0 fully saturated rings. The number of rotatable bonds is 5. The Balaban J connectivity index is 2.12. The molecule has 0 N–H and O–H groups in total. The van der Waals surface area contributed by atoms with Crippen LogP contribution in [0, 0.1) is 6.92 Å². The van der Waals surface area contributed by atoms with Crippen LogP contribution in [0.1, 0.15) is 16.1 Å². The number of hydrogen-bond acceptors (Lipinski definition) is 5. The van der Waals surface area contributed by atoms with Gasteiger partial charge in [0.2, 0.25) is 0 Å². The van der Waals surface area contributed by atoms with Crippen LogP contribution < -0.4 is 0 Å². The Kier molecular flexibility index (Phi) is 4.81. The lowest BCUT2D eigenvalue weighted by molar-refractivity contribution is 0.0744. The average molecular weight is 291 g/mol. The van der Waals surface area contributed by atoms with Crippen LogP contribution in [0.3, 0.4) is 0 Å². The lowest BCUT2D eigenvalue weighted by Crippen LogP contribution is -2.29. The van der Waals surface area contributed by atoms with Gasteiger partial charge in [0.05, 0.1) is 33.9 Å². The highest BCUT2D eigenvalue weighted by molar-refractivity contribution is 7.13. The van der Waals surface area contributed by atoms with Crippen molar-refractivity contribution in [2.75, 3.05) is 27.3 Å². The van der Waals surface area contributed by atoms with Gasteiger partial charge < -0.3 is 9.64 Å². The fourth-order valence-corrected chi connectivity index (χ4v) is 2.53. The number of ether oxygens (including phenoxy) is 1. The maximum absolute atomic E-state index is 12.1. The van der Waals surface area contributed by atoms with Crippen molar-refractivity contribution in [3.8, 4) is 10.6 Å². The molecule has 0 unspecified atom stereocenters. The van der Waals surface area contributed by atoms with E-state index in [1.165, 1.54) is 0 Å². The van der Waals surface area contributed by atoms with Crippen LogP contribution in [0.4, 0.5) is 0 Å². The molecule has 1 amide bonds. The highest BCUT2D eigenvalue weighted by atomic mass is 32.1. The Morgan fingerprint density at radius 2 is 2.20 bits per heavy atom. The summed E-state index contributed by atoms with van der Waals surface area (Å²) in [7, 11) is 3.37. The molecule has 2 rings (SSSR count). The number of thiazole rings is 1. The summed E-state index contributed by atoms with van der Waals surface area (Å²) in [5.74, 6) is -0.0536. The van der Waals surface area contributed by atoms with Gasteiger partial charge in [0, 0.05) is 26.9 Å². The van der Waals surface area contributed by atoms with Gasteiger partial charge in [-0.3, -0.25) is 9.78 Å². The summed E-state index contributed by atoms with van der Waals surface area (Å²) in [6.45, 7) is 3.03. The van der Waals surface area contributed by atoms with Crippen LogP contribution in [0.25, 0.3) is 10.6 Å². The lowest BCUT2D eigenvalue weighted by Gasteiger charge is -2.16. The summed E-state index contributed by atoms with van der Waals surface area (Å²) >= 11 is 1.55. The second-order valence-corrected chi connectivity index (χ2v) is 5.27. The molecule has 0 bridgehead atoms. The molecule has 106 valence electrons. The van der Waals surface area contributed by atoms with Crippen LogP contribution in [0.15, 0.2) is 23.8 Å². The third kappa shape index (κ3) is 3.20. The van der Waals surface area contributed by atoms with Crippen LogP contribution >= 0.6 is 11.3 Å². The number of aromatic nitrogens is 2. The Bertz CT molecular complexity index is 580. The Hall–Kier alpha value is -1.79. The molecule has 0 saturated heterocycles. The quantitative estimate of drug-likeness (QED) is 0.847. The van der Waals surface area contributed by atoms with Gasteiger partial charge in [0.1, 0.15) is 0 Å². The molecule has 0 saturated carbocycles. The largest absolute Gasteiger partial charge is 0.383 e. The summed E-state index contributed by atoms with van der Waals surface area (Å²) in [5.41, 5.74) is 4.18. The van der Waals surface area contributed by atoms with Crippen LogP contribution in [0.5, 0.6) is 0 Å². The normalized spacial score (nSPS) is 10.6. The molecule has 2 aromatic heterocycles. The van der Waals surface area contributed by atoms with E-state index in [4.69, 9.17) is 4.74 Å². The number of pyridine rings is 1.